The Labute approximate surface area is 141 Å². The summed E-state index contributed by atoms with van der Waals surface area (Å²) >= 11 is 1.19. The molecule has 3 aromatic rings. The van der Waals surface area contributed by atoms with E-state index < -0.39 is 11.9 Å². The molecule has 1 aromatic heterocycles. The van der Waals surface area contributed by atoms with E-state index in [0.29, 0.717) is 11.3 Å². The molecular formula is C18H13F3N2S. The van der Waals surface area contributed by atoms with Crippen molar-refractivity contribution in [2.45, 2.75) is 17.1 Å². The van der Waals surface area contributed by atoms with E-state index in [-0.39, 0.29) is 10.9 Å². The molecule has 0 aliphatic heterocycles. The Kier molecular flexibility index (Phi) is 4.85. The lowest BCUT2D eigenvalue weighted by Crippen LogP contribution is -2.10. The molecule has 0 radical (unpaired) electrons. The number of thioether (sulfide) groups is 1. The van der Waals surface area contributed by atoms with Crippen molar-refractivity contribution in [1.82, 2.24) is 9.97 Å². The SMILES string of the molecule is FC(F)(F)c1cc(-c2ccccc2)nc(SCc2ccccc2)n1. The van der Waals surface area contributed by atoms with E-state index in [2.05, 4.69) is 9.97 Å². The van der Waals surface area contributed by atoms with Gasteiger partial charge in [-0.1, -0.05) is 72.4 Å². The van der Waals surface area contributed by atoms with Gasteiger partial charge in [-0.15, -0.1) is 0 Å². The third-order valence-electron chi connectivity index (χ3n) is 3.28. The van der Waals surface area contributed by atoms with Crippen LogP contribution in [0.3, 0.4) is 0 Å². The number of alkyl halides is 3. The van der Waals surface area contributed by atoms with Crippen LogP contribution in [0.2, 0.25) is 0 Å². The summed E-state index contributed by atoms with van der Waals surface area (Å²) in [4.78, 5) is 7.96. The van der Waals surface area contributed by atoms with Crippen molar-refractivity contribution in [2.24, 2.45) is 0 Å². The van der Waals surface area contributed by atoms with Gasteiger partial charge in [-0.3, -0.25) is 0 Å². The third-order valence-corrected chi connectivity index (χ3v) is 4.19. The fourth-order valence-electron chi connectivity index (χ4n) is 2.11. The minimum absolute atomic E-state index is 0.118. The van der Waals surface area contributed by atoms with Crippen molar-refractivity contribution in [3.8, 4) is 11.3 Å². The van der Waals surface area contributed by atoms with Gasteiger partial charge in [0.2, 0.25) is 0 Å². The summed E-state index contributed by atoms with van der Waals surface area (Å²) in [7, 11) is 0. The molecule has 1 heterocycles. The highest BCUT2D eigenvalue weighted by atomic mass is 32.2. The molecule has 122 valence electrons. The predicted molar refractivity (Wildman–Crippen MR) is 88.5 cm³/mol. The molecule has 0 fully saturated rings. The normalized spacial score (nSPS) is 11.5. The number of hydrogen-bond donors (Lipinski definition) is 0. The number of nitrogens with zero attached hydrogens (tertiary/aromatic N) is 2. The van der Waals surface area contributed by atoms with Crippen molar-refractivity contribution >= 4 is 11.8 Å². The van der Waals surface area contributed by atoms with E-state index in [1.54, 1.807) is 30.3 Å². The summed E-state index contributed by atoms with van der Waals surface area (Å²) < 4.78 is 39.4. The van der Waals surface area contributed by atoms with Gasteiger partial charge >= 0.3 is 6.18 Å². The fourth-order valence-corrected chi connectivity index (χ4v) is 2.93. The molecule has 3 rings (SSSR count). The van der Waals surface area contributed by atoms with Gasteiger partial charge in [0.25, 0.3) is 0 Å². The largest absolute Gasteiger partial charge is 0.433 e. The monoisotopic (exact) mass is 346 g/mol. The quantitative estimate of drug-likeness (QED) is 0.464. The molecule has 0 saturated heterocycles. The Balaban J connectivity index is 1.93. The van der Waals surface area contributed by atoms with Crippen LogP contribution in [-0.2, 0) is 11.9 Å². The molecule has 6 heteroatoms. The Hall–Kier alpha value is -2.34. The van der Waals surface area contributed by atoms with Crippen LogP contribution in [0, 0.1) is 0 Å². The van der Waals surface area contributed by atoms with Crippen LogP contribution in [0.25, 0.3) is 11.3 Å². The molecule has 0 saturated carbocycles. The first-order valence-electron chi connectivity index (χ1n) is 7.21. The average molecular weight is 346 g/mol. The number of rotatable bonds is 4. The maximum atomic E-state index is 13.1. The van der Waals surface area contributed by atoms with Crippen LogP contribution in [0.1, 0.15) is 11.3 Å². The van der Waals surface area contributed by atoms with E-state index in [0.717, 1.165) is 11.6 Å². The van der Waals surface area contributed by atoms with Crippen LogP contribution in [-0.4, -0.2) is 9.97 Å². The van der Waals surface area contributed by atoms with Gasteiger partial charge < -0.3 is 0 Å². The summed E-state index contributed by atoms with van der Waals surface area (Å²) in [6, 6.07) is 19.3. The zero-order valence-corrected chi connectivity index (χ0v) is 13.3. The Morgan fingerprint density at radius 3 is 2.08 bits per heavy atom. The minimum Gasteiger partial charge on any atom is -0.222 e. The second-order valence-corrected chi connectivity index (χ2v) is 6.00. The number of halogens is 3. The molecule has 0 bridgehead atoms. The molecule has 2 nitrogen and oxygen atoms in total. The van der Waals surface area contributed by atoms with Crippen molar-refractivity contribution in [3.05, 3.63) is 78.0 Å². The molecule has 0 atom stereocenters. The summed E-state index contributed by atoms with van der Waals surface area (Å²) in [5, 5.41) is 0.118. The van der Waals surface area contributed by atoms with Gasteiger partial charge in [0, 0.05) is 11.3 Å². The number of aromatic nitrogens is 2. The Morgan fingerprint density at radius 2 is 1.46 bits per heavy atom. The lowest BCUT2D eigenvalue weighted by molar-refractivity contribution is -0.141. The highest BCUT2D eigenvalue weighted by Gasteiger charge is 2.33. The molecule has 0 amide bonds. The van der Waals surface area contributed by atoms with Gasteiger partial charge in [0.1, 0.15) is 5.69 Å². The first-order chi connectivity index (χ1) is 11.5. The van der Waals surface area contributed by atoms with Crippen LogP contribution in [0.4, 0.5) is 13.2 Å². The highest BCUT2D eigenvalue weighted by Crippen LogP contribution is 2.32. The fraction of sp³-hybridized carbons (Fsp3) is 0.111. The van der Waals surface area contributed by atoms with Gasteiger partial charge in [-0.2, -0.15) is 13.2 Å². The first kappa shape index (κ1) is 16.5. The molecule has 0 unspecified atom stereocenters. The maximum Gasteiger partial charge on any atom is 0.433 e. The number of hydrogen-bond acceptors (Lipinski definition) is 3. The van der Waals surface area contributed by atoms with E-state index in [4.69, 9.17) is 0 Å². The Morgan fingerprint density at radius 1 is 0.833 bits per heavy atom. The van der Waals surface area contributed by atoms with E-state index in [1.165, 1.54) is 11.8 Å². The van der Waals surface area contributed by atoms with E-state index in [9.17, 15) is 13.2 Å². The van der Waals surface area contributed by atoms with Crippen molar-refractivity contribution < 1.29 is 13.2 Å². The number of benzene rings is 2. The van der Waals surface area contributed by atoms with Gasteiger partial charge in [0.05, 0.1) is 5.69 Å². The maximum absolute atomic E-state index is 13.1. The molecule has 0 spiro atoms. The topological polar surface area (TPSA) is 25.8 Å². The molecular weight excluding hydrogens is 333 g/mol. The van der Waals surface area contributed by atoms with Crippen LogP contribution in [0.15, 0.2) is 71.9 Å². The minimum atomic E-state index is -4.51. The van der Waals surface area contributed by atoms with Crippen LogP contribution < -0.4 is 0 Å². The highest BCUT2D eigenvalue weighted by molar-refractivity contribution is 7.98. The molecule has 0 aliphatic carbocycles. The van der Waals surface area contributed by atoms with Crippen LogP contribution in [0.5, 0.6) is 0 Å². The molecule has 0 N–H and O–H groups in total. The third kappa shape index (κ3) is 4.14. The lowest BCUT2D eigenvalue weighted by atomic mass is 10.1. The van der Waals surface area contributed by atoms with E-state index in [1.807, 2.05) is 30.3 Å². The van der Waals surface area contributed by atoms with E-state index >= 15 is 0 Å². The molecule has 24 heavy (non-hydrogen) atoms. The summed E-state index contributed by atoms with van der Waals surface area (Å²) in [5.41, 5.74) is 0.983. The second kappa shape index (κ2) is 7.05. The zero-order valence-electron chi connectivity index (χ0n) is 12.5. The van der Waals surface area contributed by atoms with Crippen molar-refractivity contribution in [2.75, 3.05) is 0 Å². The summed E-state index contributed by atoms with van der Waals surface area (Å²) in [6.45, 7) is 0. The molecule has 2 aromatic carbocycles. The smallest absolute Gasteiger partial charge is 0.222 e. The van der Waals surface area contributed by atoms with Crippen LogP contribution >= 0.6 is 11.8 Å². The summed E-state index contributed by atoms with van der Waals surface area (Å²) in [5.74, 6) is 0.510. The summed E-state index contributed by atoms with van der Waals surface area (Å²) in [6.07, 6.45) is -4.51. The first-order valence-corrected chi connectivity index (χ1v) is 8.19. The average Bonchev–Trinajstić information content (AvgIpc) is 2.61. The van der Waals surface area contributed by atoms with Gasteiger partial charge in [-0.25, -0.2) is 9.97 Å². The van der Waals surface area contributed by atoms with Gasteiger partial charge in [-0.05, 0) is 11.6 Å². The van der Waals surface area contributed by atoms with Crippen molar-refractivity contribution in [3.63, 3.8) is 0 Å². The van der Waals surface area contributed by atoms with Gasteiger partial charge in [0.15, 0.2) is 5.16 Å². The Bertz CT molecular complexity index is 805. The van der Waals surface area contributed by atoms with Crippen molar-refractivity contribution in [1.29, 1.82) is 0 Å². The predicted octanol–water partition coefficient (Wildman–Crippen LogP) is 5.45. The molecule has 0 aliphatic rings. The second-order valence-electron chi connectivity index (χ2n) is 5.06. The zero-order chi connectivity index (χ0) is 17.0. The standard InChI is InChI=1S/C18H13F3N2S/c19-18(20,21)16-11-15(14-9-5-2-6-10-14)22-17(23-16)24-12-13-7-3-1-4-8-13/h1-11H,12H2. The lowest BCUT2D eigenvalue weighted by Gasteiger charge is -2.10.